The van der Waals surface area contributed by atoms with E-state index >= 15 is 0 Å². The Labute approximate surface area is 90.3 Å². The largest absolute Gasteiger partial charge is 0.331 e. The molecule has 0 spiro atoms. The molecule has 0 atom stereocenters. The normalized spacial score (nSPS) is 9.81. The molecule has 8 nitrogen and oxygen atoms in total. The Balaban J connectivity index is 2.09. The molecule has 82 valence electrons. The Morgan fingerprint density at radius 1 is 1.38 bits per heavy atom. The van der Waals surface area contributed by atoms with E-state index in [0.717, 1.165) is 0 Å². The zero-order valence-corrected chi connectivity index (χ0v) is 8.14. The van der Waals surface area contributed by atoms with Gasteiger partial charge in [-0.2, -0.15) is 0 Å². The summed E-state index contributed by atoms with van der Waals surface area (Å²) in [6, 6.07) is 3.05. The predicted octanol–water partition coefficient (Wildman–Crippen LogP) is -0.262. The number of anilines is 2. The average Bonchev–Trinajstić information content (AvgIpc) is 2.82. The Hall–Kier alpha value is -2.48. The molecule has 1 amide bonds. The molecule has 0 aliphatic rings. The van der Waals surface area contributed by atoms with Crippen molar-refractivity contribution in [3.63, 3.8) is 0 Å². The Bertz CT molecular complexity index is 464. The molecular formula is C8H9N7O. The van der Waals surface area contributed by atoms with Crippen molar-refractivity contribution >= 4 is 17.7 Å². The van der Waals surface area contributed by atoms with Crippen LogP contribution in [0.15, 0.2) is 24.5 Å². The monoisotopic (exact) mass is 219 g/mol. The van der Waals surface area contributed by atoms with Crippen molar-refractivity contribution in [2.75, 3.05) is 10.7 Å². The zero-order valence-electron chi connectivity index (χ0n) is 8.14. The number of hydrogen-bond donors (Lipinski definition) is 4. The van der Waals surface area contributed by atoms with Crippen molar-refractivity contribution in [1.82, 2.24) is 20.2 Å². The summed E-state index contributed by atoms with van der Waals surface area (Å²) in [5, 5.41) is 9.87. The molecule has 16 heavy (non-hydrogen) atoms. The first-order chi connectivity index (χ1) is 7.79. The molecule has 8 heteroatoms. The van der Waals surface area contributed by atoms with E-state index in [4.69, 9.17) is 5.84 Å². The molecule has 2 heterocycles. The third kappa shape index (κ3) is 2.12. The number of hydrogen-bond acceptors (Lipinski definition) is 6. The molecule has 0 saturated carbocycles. The smallest absolute Gasteiger partial charge is 0.278 e. The van der Waals surface area contributed by atoms with Gasteiger partial charge in [0.2, 0.25) is 5.95 Å². The van der Waals surface area contributed by atoms with Crippen LogP contribution in [-0.4, -0.2) is 26.1 Å². The second kappa shape index (κ2) is 4.36. The first-order valence-corrected chi connectivity index (χ1v) is 4.40. The number of nitrogens with two attached hydrogens (primary N) is 1. The summed E-state index contributed by atoms with van der Waals surface area (Å²) in [4.78, 5) is 18.2. The maximum Gasteiger partial charge on any atom is 0.278 e. The standard InChI is InChI=1S/C8H9N7O/c9-13-6-2-1-5(14-15-6)7(16)12-8-10-3-4-11-8/h1-4H,9H2,(H,13,15)(H2,10,11,12,16). The molecule has 0 bridgehead atoms. The maximum atomic E-state index is 11.6. The van der Waals surface area contributed by atoms with Crippen molar-refractivity contribution in [2.24, 2.45) is 5.84 Å². The Morgan fingerprint density at radius 2 is 2.25 bits per heavy atom. The summed E-state index contributed by atoms with van der Waals surface area (Å²) in [5.41, 5.74) is 2.49. The van der Waals surface area contributed by atoms with Crippen LogP contribution in [0, 0.1) is 0 Å². The van der Waals surface area contributed by atoms with Crippen LogP contribution in [0.5, 0.6) is 0 Å². The van der Waals surface area contributed by atoms with Crippen molar-refractivity contribution in [3.05, 3.63) is 30.2 Å². The number of nitrogens with zero attached hydrogens (tertiary/aromatic N) is 3. The highest BCUT2D eigenvalue weighted by Crippen LogP contribution is 2.03. The number of hydrazine groups is 1. The molecule has 0 aliphatic carbocycles. The highest BCUT2D eigenvalue weighted by atomic mass is 16.2. The van der Waals surface area contributed by atoms with E-state index in [9.17, 15) is 4.79 Å². The molecule has 0 saturated heterocycles. The Morgan fingerprint density at radius 3 is 2.81 bits per heavy atom. The minimum Gasteiger partial charge on any atom is -0.331 e. The van der Waals surface area contributed by atoms with Gasteiger partial charge in [-0.05, 0) is 12.1 Å². The van der Waals surface area contributed by atoms with Gasteiger partial charge in [-0.25, -0.2) is 10.8 Å². The van der Waals surface area contributed by atoms with Crippen LogP contribution < -0.4 is 16.6 Å². The van der Waals surface area contributed by atoms with Gasteiger partial charge in [-0.15, -0.1) is 10.2 Å². The number of carbonyl (C=O) groups excluding carboxylic acids is 1. The van der Waals surface area contributed by atoms with Crippen molar-refractivity contribution in [2.45, 2.75) is 0 Å². The van der Waals surface area contributed by atoms with Gasteiger partial charge in [0.1, 0.15) is 0 Å². The molecule has 0 radical (unpaired) electrons. The lowest BCUT2D eigenvalue weighted by Crippen LogP contribution is -2.16. The number of amides is 1. The van der Waals surface area contributed by atoms with Crippen LogP contribution >= 0.6 is 0 Å². The van der Waals surface area contributed by atoms with E-state index in [0.29, 0.717) is 11.8 Å². The summed E-state index contributed by atoms with van der Waals surface area (Å²) < 4.78 is 0. The second-order valence-corrected chi connectivity index (χ2v) is 2.84. The highest BCUT2D eigenvalue weighted by molar-refractivity contribution is 6.01. The number of aromatic nitrogens is 4. The molecule has 2 aromatic rings. The van der Waals surface area contributed by atoms with Crippen LogP contribution in [-0.2, 0) is 0 Å². The fourth-order valence-corrected chi connectivity index (χ4v) is 1.04. The average molecular weight is 219 g/mol. The second-order valence-electron chi connectivity index (χ2n) is 2.84. The van der Waals surface area contributed by atoms with Crippen LogP contribution in [0.2, 0.25) is 0 Å². The van der Waals surface area contributed by atoms with Gasteiger partial charge in [0.15, 0.2) is 11.5 Å². The fraction of sp³-hybridized carbons (Fsp3) is 0. The molecule has 0 unspecified atom stereocenters. The van der Waals surface area contributed by atoms with Crippen LogP contribution in [0.3, 0.4) is 0 Å². The van der Waals surface area contributed by atoms with Gasteiger partial charge in [0.25, 0.3) is 5.91 Å². The van der Waals surface area contributed by atoms with E-state index in [2.05, 4.69) is 30.9 Å². The molecule has 5 N–H and O–H groups in total. The SMILES string of the molecule is NNc1ccc(C(=O)Nc2ncc[nH]2)nn1. The van der Waals surface area contributed by atoms with E-state index in [-0.39, 0.29) is 5.69 Å². The van der Waals surface area contributed by atoms with Crippen molar-refractivity contribution in [3.8, 4) is 0 Å². The van der Waals surface area contributed by atoms with E-state index in [1.54, 1.807) is 12.3 Å². The van der Waals surface area contributed by atoms with E-state index in [1.807, 2.05) is 0 Å². The molecule has 2 aromatic heterocycles. The van der Waals surface area contributed by atoms with E-state index < -0.39 is 5.91 Å². The summed E-state index contributed by atoms with van der Waals surface area (Å²) in [6.45, 7) is 0. The molecule has 0 fully saturated rings. The highest BCUT2D eigenvalue weighted by Gasteiger charge is 2.09. The number of aromatic amines is 1. The maximum absolute atomic E-state index is 11.6. The van der Waals surface area contributed by atoms with Crippen LogP contribution in [0.1, 0.15) is 10.5 Å². The number of nitrogens with one attached hydrogen (secondary N) is 3. The van der Waals surface area contributed by atoms with Gasteiger partial charge in [0.05, 0.1) is 0 Å². The summed E-state index contributed by atoms with van der Waals surface area (Å²) in [5.74, 6) is 5.46. The lowest BCUT2D eigenvalue weighted by atomic mass is 10.3. The van der Waals surface area contributed by atoms with Crippen LogP contribution in [0.4, 0.5) is 11.8 Å². The summed E-state index contributed by atoms with van der Waals surface area (Å²) in [7, 11) is 0. The Kier molecular flexibility index (Phi) is 2.74. The molecule has 2 rings (SSSR count). The fourth-order valence-electron chi connectivity index (χ4n) is 1.04. The quantitative estimate of drug-likeness (QED) is 0.416. The van der Waals surface area contributed by atoms with Gasteiger partial charge in [-0.1, -0.05) is 0 Å². The number of H-pyrrole nitrogens is 1. The molecule has 0 aromatic carbocycles. The first kappa shape index (κ1) is 10.1. The molecule has 0 aliphatic heterocycles. The predicted molar refractivity (Wildman–Crippen MR) is 56.4 cm³/mol. The van der Waals surface area contributed by atoms with Crippen molar-refractivity contribution < 1.29 is 4.79 Å². The van der Waals surface area contributed by atoms with Gasteiger partial charge in [0, 0.05) is 12.4 Å². The van der Waals surface area contributed by atoms with E-state index in [1.165, 1.54) is 12.3 Å². The van der Waals surface area contributed by atoms with Crippen molar-refractivity contribution in [1.29, 1.82) is 0 Å². The van der Waals surface area contributed by atoms with Crippen LogP contribution in [0.25, 0.3) is 0 Å². The minimum absolute atomic E-state index is 0.176. The first-order valence-electron chi connectivity index (χ1n) is 4.40. The zero-order chi connectivity index (χ0) is 11.4. The third-order valence-electron chi connectivity index (χ3n) is 1.78. The topological polar surface area (TPSA) is 122 Å². The number of imidazole rings is 1. The molecular weight excluding hydrogens is 210 g/mol. The van der Waals surface area contributed by atoms with Gasteiger partial charge >= 0.3 is 0 Å². The number of carbonyl (C=O) groups is 1. The lowest BCUT2D eigenvalue weighted by molar-refractivity contribution is 0.102. The van der Waals surface area contributed by atoms with Gasteiger partial charge < -0.3 is 10.4 Å². The summed E-state index contributed by atoms with van der Waals surface area (Å²) in [6.07, 6.45) is 3.13. The number of nitrogen functional groups attached to an aromatic ring is 1. The third-order valence-corrected chi connectivity index (χ3v) is 1.78. The van der Waals surface area contributed by atoms with Gasteiger partial charge in [-0.3, -0.25) is 10.1 Å². The minimum atomic E-state index is -0.397. The lowest BCUT2D eigenvalue weighted by Gasteiger charge is -2.01. The summed E-state index contributed by atoms with van der Waals surface area (Å²) >= 11 is 0. The number of rotatable bonds is 3.